The van der Waals surface area contributed by atoms with E-state index in [0.29, 0.717) is 23.0 Å². The molecule has 8 nitrogen and oxygen atoms in total. The Kier molecular flexibility index (Phi) is 5.53. The van der Waals surface area contributed by atoms with Crippen molar-refractivity contribution in [3.05, 3.63) is 60.7 Å². The first-order valence-corrected chi connectivity index (χ1v) is 9.71. The second kappa shape index (κ2) is 8.42. The van der Waals surface area contributed by atoms with Crippen LogP contribution in [0.2, 0.25) is 0 Å². The predicted molar refractivity (Wildman–Crippen MR) is 112 cm³/mol. The molecule has 3 aromatic rings. The summed E-state index contributed by atoms with van der Waals surface area (Å²) in [7, 11) is 2.99. The van der Waals surface area contributed by atoms with E-state index in [2.05, 4.69) is 0 Å². The van der Waals surface area contributed by atoms with Crippen molar-refractivity contribution in [3.8, 4) is 23.0 Å². The molecule has 0 fully saturated rings. The first kappa shape index (κ1) is 19.7. The molecular weight excluding hydrogens is 408 g/mol. The van der Waals surface area contributed by atoms with Gasteiger partial charge in [0.25, 0.3) is 0 Å². The Morgan fingerprint density at radius 3 is 2.40 bits per heavy atom. The molecule has 30 heavy (non-hydrogen) atoms. The Labute approximate surface area is 177 Å². The summed E-state index contributed by atoms with van der Waals surface area (Å²) in [6.45, 7) is 0.131. The van der Waals surface area contributed by atoms with E-state index in [4.69, 9.17) is 18.9 Å². The number of ether oxygens (including phenoxy) is 4. The zero-order chi connectivity index (χ0) is 21.1. The highest BCUT2D eigenvalue weighted by Gasteiger charge is 2.21. The number of carbonyl (C=O) groups is 2. The minimum absolute atomic E-state index is 0.131. The molecular formula is C21H18N2O6S. The van der Waals surface area contributed by atoms with Crippen LogP contribution in [0.3, 0.4) is 0 Å². The molecule has 0 atom stereocenters. The van der Waals surface area contributed by atoms with Gasteiger partial charge in [0.05, 0.1) is 12.1 Å². The normalized spacial score (nSPS) is 11.8. The van der Waals surface area contributed by atoms with Crippen LogP contribution in [0, 0.1) is 0 Å². The standard InChI is InChI=1S/C21H18N2O6S/c1-22(20(24)28-15-10-11-18-19(12-15)27-13-26-18)30-23(2)21(25)29-17-9-5-7-14-6-3-4-8-16(14)17/h3-12H,13H2,1-2H3. The summed E-state index contributed by atoms with van der Waals surface area (Å²) in [6.07, 6.45) is -1.29. The van der Waals surface area contributed by atoms with Gasteiger partial charge in [0.15, 0.2) is 11.5 Å². The van der Waals surface area contributed by atoms with Crippen LogP contribution in [0.25, 0.3) is 10.8 Å². The highest BCUT2D eigenvalue weighted by molar-refractivity contribution is 7.95. The number of hydrogen-bond donors (Lipinski definition) is 0. The van der Waals surface area contributed by atoms with Crippen molar-refractivity contribution in [2.24, 2.45) is 0 Å². The van der Waals surface area contributed by atoms with Gasteiger partial charge in [0, 0.05) is 25.5 Å². The number of carbonyl (C=O) groups excluding carboxylic acids is 2. The van der Waals surface area contributed by atoms with Gasteiger partial charge in [-0.1, -0.05) is 36.4 Å². The van der Waals surface area contributed by atoms with Crippen molar-refractivity contribution in [2.75, 3.05) is 20.9 Å². The molecule has 4 rings (SSSR count). The summed E-state index contributed by atoms with van der Waals surface area (Å²) in [5, 5.41) is 1.78. The lowest BCUT2D eigenvalue weighted by atomic mass is 10.1. The largest absolute Gasteiger partial charge is 0.454 e. The van der Waals surface area contributed by atoms with Crippen molar-refractivity contribution in [3.63, 3.8) is 0 Å². The average molecular weight is 426 g/mol. The molecule has 0 radical (unpaired) electrons. The predicted octanol–water partition coefficient (Wildman–Crippen LogP) is 4.69. The lowest BCUT2D eigenvalue weighted by molar-refractivity contribution is 0.173. The van der Waals surface area contributed by atoms with Crippen molar-refractivity contribution in [1.29, 1.82) is 0 Å². The van der Waals surface area contributed by atoms with E-state index in [1.807, 2.05) is 36.4 Å². The Balaban J connectivity index is 1.36. The highest BCUT2D eigenvalue weighted by atomic mass is 32.2. The van der Waals surface area contributed by atoms with Crippen LogP contribution >= 0.6 is 12.1 Å². The maximum absolute atomic E-state index is 12.5. The van der Waals surface area contributed by atoms with Crippen LogP contribution in [0.5, 0.6) is 23.0 Å². The fourth-order valence-corrected chi connectivity index (χ4v) is 3.37. The summed E-state index contributed by atoms with van der Waals surface area (Å²) in [5.41, 5.74) is 0. The molecule has 0 aliphatic carbocycles. The molecule has 154 valence electrons. The number of fused-ring (bicyclic) bond motifs is 2. The van der Waals surface area contributed by atoms with E-state index in [1.165, 1.54) is 22.7 Å². The van der Waals surface area contributed by atoms with Gasteiger partial charge in [0.2, 0.25) is 6.79 Å². The van der Waals surface area contributed by atoms with Crippen molar-refractivity contribution >= 4 is 35.1 Å². The number of amides is 2. The van der Waals surface area contributed by atoms with Gasteiger partial charge in [-0.2, -0.15) is 0 Å². The molecule has 0 bridgehead atoms. The Morgan fingerprint density at radius 2 is 1.57 bits per heavy atom. The van der Waals surface area contributed by atoms with E-state index in [0.717, 1.165) is 22.9 Å². The van der Waals surface area contributed by atoms with Crippen molar-refractivity contribution < 1.29 is 28.5 Å². The lowest BCUT2D eigenvalue weighted by Crippen LogP contribution is -2.32. The summed E-state index contributed by atoms with van der Waals surface area (Å²) >= 11 is 0.847. The fraction of sp³-hybridized carbons (Fsp3) is 0.143. The molecule has 9 heteroatoms. The zero-order valence-corrected chi connectivity index (χ0v) is 17.0. The van der Waals surface area contributed by atoms with Crippen molar-refractivity contribution in [2.45, 2.75) is 0 Å². The third-order valence-corrected chi connectivity index (χ3v) is 5.04. The SMILES string of the molecule is CN(SN(C)C(=O)Oc1cccc2ccccc12)C(=O)Oc1ccc2c(c1)OCO2. The molecule has 1 aliphatic rings. The van der Waals surface area contributed by atoms with E-state index in [1.54, 1.807) is 24.3 Å². The van der Waals surface area contributed by atoms with Gasteiger partial charge in [0.1, 0.15) is 11.5 Å². The Morgan fingerprint density at radius 1 is 0.867 bits per heavy atom. The summed E-state index contributed by atoms with van der Waals surface area (Å²) < 4.78 is 23.7. The maximum atomic E-state index is 12.5. The first-order chi connectivity index (χ1) is 14.5. The second-order valence-electron chi connectivity index (χ2n) is 6.30. The van der Waals surface area contributed by atoms with Gasteiger partial charge in [-0.15, -0.1) is 0 Å². The van der Waals surface area contributed by atoms with Gasteiger partial charge < -0.3 is 18.9 Å². The third kappa shape index (κ3) is 4.20. The lowest BCUT2D eigenvalue weighted by Gasteiger charge is -2.21. The first-order valence-electron chi connectivity index (χ1n) is 8.98. The minimum atomic E-state index is -0.663. The van der Waals surface area contributed by atoms with Crippen LogP contribution in [0.15, 0.2) is 60.7 Å². The zero-order valence-electron chi connectivity index (χ0n) is 16.2. The number of hydrogen-bond acceptors (Lipinski definition) is 7. The molecule has 0 saturated carbocycles. The smallest absolute Gasteiger partial charge is 0.426 e. The average Bonchev–Trinajstić information content (AvgIpc) is 3.21. The van der Waals surface area contributed by atoms with Crippen LogP contribution in [0.1, 0.15) is 0 Å². The Hall–Kier alpha value is -3.59. The summed E-state index contributed by atoms with van der Waals surface area (Å²) in [4.78, 5) is 24.8. The van der Waals surface area contributed by atoms with Gasteiger partial charge in [-0.25, -0.2) is 18.2 Å². The van der Waals surface area contributed by atoms with Crippen LogP contribution < -0.4 is 18.9 Å². The highest BCUT2D eigenvalue weighted by Crippen LogP contribution is 2.35. The molecule has 0 saturated heterocycles. The number of nitrogens with zero attached hydrogens (tertiary/aromatic N) is 2. The van der Waals surface area contributed by atoms with Gasteiger partial charge in [-0.05, 0) is 23.6 Å². The monoisotopic (exact) mass is 426 g/mol. The van der Waals surface area contributed by atoms with Gasteiger partial charge in [-0.3, -0.25) is 0 Å². The molecule has 1 aliphatic heterocycles. The number of benzene rings is 3. The summed E-state index contributed by atoms with van der Waals surface area (Å²) in [6, 6.07) is 17.9. The van der Waals surface area contributed by atoms with E-state index in [-0.39, 0.29) is 6.79 Å². The fourth-order valence-electron chi connectivity index (χ4n) is 2.80. The van der Waals surface area contributed by atoms with E-state index in [9.17, 15) is 9.59 Å². The molecule has 1 heterocycles. The summed E-state index contributed by atoms with van der Waals surface area (Å²) in [5.74, 6) is 1.84. The van der Waals surface area contributed by atoms with E-state index < -0.39 is 12.2 Å². The van der Waals surface area contributed by atoms with Crippen molar-refractivity contribution in [1.82, 2.24) is 8.61 Å². The molecule has 0 N–H and O–H groups in total. The molecule has 3 aromatic carbocycles. The van der Waals surface area contributed by atoms with Crippen LogP contribution in [-0.4, -0.2) is 41.7 Å². The molecule has 2 amide bonds. The topological polar surface area (TPSA) is 77.5 Å². The molecule has 0 spiro atoms. The molecule has 0 unspecified atom stereocenters. The Bertz CT molecular complexity index is 1100. The van der Waals surface area contributed by atoms with Crippen LogP contribution in [-0.2, 0) is 0 Å². The van der Waals surface area contributed by atoms with Crippen LogP contribution in [0.4, 0.5) is 9.59 Å². The minimum Gasteiger partial charge on any atom is -0.454 e. The maximum Gasteiger partial charge on any atom is 0.426 e. The second-order valence-corrected chi connectivity index (χ2v) is 7.56. The third-order valence-electron chi connectivity index (χ3n) is 4.26. The quantitative estimate of drug-likeness (QED) is 0.560. The van der Waals surface area contributed by atoms with E-state index >= 15 is 0 Å². The molecule has 0 aromatic heterocycles. The number of rotatable bonds is 4. The van der Waals surface area contributed by atoms with Gasteiger partial charge >= 0.3 is 12.2 Å².